The van der Waals surface area contributed by atoms with E-state index >= 15 is 0 Å². The summed E-state index contributed by atoms with van der Waals surface area (Å²) in [4.78, 5) is 41.1. The Hall–Kier alpha value is -3.61. The normalized spacial score (nSPS) is 16.4. The Bertz CT molecular complexity index is 1080. The molecule has 0 fully saturated rings. The maximum atomic E-state index is 13.3. The molecule has 0 aliphatic carbocycles. The number of carbonyl (C=O) groups is 3. The molecule has 2 aromatic rings. The molecule has 1 aliphatic rings. The van der Waals surface area contributed by atoms with E-state index < -0.39 is 23.1 Å². The smallest absolute Gasteiger partial charge is 0.294 e. The summed E-state index contributed by atoms with van der Waals surface area (Å²) in [5.74, 6) is -1.65. The second-order valence-corrected chi connectivity index (χ2v) is 9.13. The molecule has 0 saturated carbocycles. The molecule has 0 bridgehead atoms. The number of benzene rings is 2. The van der Waals surface area contributed by atoms with Crippen LogP contribution in [0, 0.1) is 5.41 Å². The summed E-state index contributed by atoms with van der Waals surface area (Å²) in [5.41, 5.74) is 2.09. The van der Waals surface area contributed by atoms with Gasteiger partial charge >= 0.3 is 0 Å². The molecule has 7 heteroatoms. The van der Waals surface area contributed by atoms with Crippen LogP contribution in [0.25, 0.3) is 0 Å². The fourth-order valence-electron chi connectivity index (χ4n) is 3.69. The van der Waals surface area contributed by atoms with Gasteiger partial charge in [-0.25, -0.2) is 0 Å². The summed E-state index contributed by atoms with van der Waals surface area (Å²) in [7, 11) is 3.86. The monoisotopic (exact) mass is 435 g/mol. The first-order valence-corrected chi connectivity index (χ1v) is 10.4. The van der Waals surface area contributed by atoms with Gasteiger partial charge in [-0.3, -0.25) is 19.3 Å². The Kier molecular flexibility index (Phi) is 6.12. The van der Waals surface area contributed by atoms with Crippen molar-refractivity contribution in [3.63, 3.8) is 0 Å². The van der Waals surface area contributed by atoms with Gasteiger partial charge in [-0.1, -0.05) is 32.9 Å². The topological polar surface area (TPSA) is 90.0 Å². The molecule has 3 rings (SSSR count). The average Bonchev–Trinajstić information content (AvgIpc) is 2.98. The van der Waals surface area contributed by atoms with Gasteiger partial charge in [-0.2, -0.15) is 0 Å². The van der Waals surface area contributed by atoms with Gasteiger partial charge in [0.05, 0.1) is 11.6 Å². The van der Waals surface area contributed by atoms with Crippen LogP contribution in [0.15, 0.2) is 59.9 Å². The minimum absolute atomic E-state index is 0.0889. The Morgan fingerprint density at radius 3 is 2.03 bits per heavy atom. The number of nitrogens with zero attached hydrogens (tertiary/aromatic N) is 2. The van der Waals surface area contributed by atoms with Crippen molar-refractivity contribution < 1.29 is 19.5 Å². The number of aliphatic hydroxyl groups excluding tert-OH is 1. The summed E-state index contributed by atoms with van der Waals surface area (Å²) < 4.78 is 0. The second kappa shape index (κ2) is 8.49. The molecule has 1 heterocycles. The lowest BCUT2D eigenvalue weighted by Crippen LogP contribution is -2.32. The van der Waals surface area contributed by atoms with Crippen LogP contribution in [0.5, 0.6) is 0 Å². The van der Waals surface area contributed by atoms with E-state index in [9.17, 15) is 19.5 Å². The molecule has 0 aromatic heterocycles. The van der Waals surface area contributed by atoms with Crippen molar-refractivity contribution in [3.8, 4) is 0 Å². The first kappa shape index (κ1) is 23.1. The van der Waals surface area contributed by atoms with Crippen molar-refractivity contribution in [2.75, 3.05) is 29.2 Å². The predicted octanol–water partition coefficient (Wildman–Crippen LogP) is 4.23. The van der Waals surface area contributed by atoms with E-state index in [2.05, 4.69) is 5.32 Å². The van der Waals surface area contributed by atoms with Crippen molar-refractivity contribution in [2.24, 2.45) is 5.41 Å². The molecule has 0 radical (unpaired) electrons. The zero-order chi connectivity index (χ0) is 23.8. The standard InChI is InChI=1S/C25H29N3O4/c1-15(29)26-17-9-13-19(14-10-17)28-21(16-7-11-18(12-8-16)27(5)6)20(22(30)24(28)32)23(31)25(2,3)4/h7-14,21,30H,1-6H3,(H,26,29). The number of aliphatic hydroxyl groups is 1. The molecule has 0 spiro atoms. The number of nitrogens with one attached hydrogen (secondary N) is 1. The van der Waals surface area contributed by atoms with E-state index in [4.69, 9.17) is 0 Å². The molecule has 32 heavy (non-hydrogen) atoms. The number of hydrogen-bond donors (Lipinski definition) is 2. The van der Waals surface area contributed by atoms with Gasteiger partial charge in [-0.05, 0) is 42.0 Å². The number of ketones is 1. The van der Waals surface area contributed by atoms with Crippen molar-refractivity contribution >= 4 is 34.7 Å². The van der Waals surface area contributed by atoms with Gasteiger partial charge in [0.25, 0.3) is 5.91 Å². The van der Waals surface area contributed by atoms with Crippen LogP contribution >= 0.6 is 0 Å². The number of Topliss-reactive ketones (excluding diaryl/α,β-unsaturated/α-hetero) is 1. The van der Waals surface area contributed by atoms with Crippen LogP contribution in [-0.2, 0) is 14.4 Å². The molecule has 168 valence electrons. The highest BCUT2D eigenvalue weighted by molar-refractivity contribution is 6.17. The Labute approximate surface area is 188 Å². The molecule has 1 aliphatic heterocycles. The highest BCUT2D eigenvalue weighted by Crippen LogP contribution is 2.43. The van der Waals surface area contributed by atoms with Crippen molar-refractivity contribution in [2.45, 2.75) is 33.7 Å². The van der Waals surface area contributed by atoms with Gasteiger partial charge in [0.1, 0.15) is 0 Å². The Balaban J connectivity index is 2.12. The second-order valence-electron chi connectivity index (χ2n) is 9.13. The molecule has 2 amide bonds. The van der Waals surface area contributed by atoms with Gasteiger partial charge in [0.2, 0.25) is 5.91 Å². The first-order valence-electron chi connectivity index (χ1n) is 10.4. The summed E-state index contributed by atoms with van der Waals surface area (Å²) in [6.07, 6.45) is 0. The third-order valence-corrected chi connectivity index (χ3v) is 5.33. The predicted molar refractivity (Wildman–Crippen MR) is 126 cm³/mol. The Morgan fingerprint density at radius 2 is 1.56 bits per heavy atom. The SMILES string of the molecule is CC(=O)Nc1ccc(N2C(=O)C(O)=C(C(=O)C(C)(C)C)C2c2ccc(N(C)C)cc2)cc1. The zero-order valence-corrected chi connectivity index (χ0v) is 19.3. The lowest BCUT2D eigenvalue weighted by Gasteiger charge is -2.29. The summed E-state index contributed by atoms with van der Waals surface area (Å²) in [5, 5.41) is 13.5. The van der Waals surface area contributed by atoms with Gasteiger partial charge < -0.3 is 15.3 Å². The van der Waals surface area contributed by atoms with E-state index in [0.29, 0.717) is 16.9 Å². The largest absolute Gasteiger partial charge is 0.503 e. The third-order valence-electron chi connectivity index (χ3n) is 5.33. The minimum Gasteiger partial charge on any atom is -0.503 e. The zero-order valence-electron chi connectivity index (χ0n) is 19.3. The third kappa shape index (κ3) is 4.37. The van der Waals surface area contributed by atoms with Crippen LogP contribution < -0.4 is 15.1 Å². The number of carbonyl (C=O) groups excluding carboxylic acids is 3. The van der Waals surface area contributed by atoms with Crippen LogP contribution in [0.2, 0.25) is 0 Å². The van der Waals surface area contributed by atoms with Crippen LogP contribution in [0.1, 0.15) is 39.3 Å². The van der Waals surface area contributed by atoms with E-state index in [-0.39, 0.29) is 17.3 Å². The molecule has 1 unspecified atom stereocenters. The number of rotatable bonds is 5. The fourth-order valence-corrected chi connectivity index (χ4v) is 3.69. The van der Waals surface area contributed by atoms with Gasteiger partial charge in [0, 0.05) is 43.5 Å². The first-order chi connectivity index (χ1) is 14.9. The van der Waals surface area contributed by atoms with E-state index in [1.54, 1.807) is 45.0 Å². The number of hydrogen-bond acceptors (Lipinski definition) is 5. The van der Waals surface area contributed by atoms with Crippen LogP contribution in [0.4, 0.5) is 17.1 Å². The van der Waals surface area contributed by atoms with E-state index in [0.717, 1.165) is 5.69 Å². The molecule has 0 saturated heterocycles. The van der Waals surface area contributed by atoms with Gasteiger partial charge in [-0.15, -0.1) is 0 Å². The van der Waals surface area contributed by atoms with Gasteiger partial charge in [0.15, 0.2) is 11.5 Å². The number of anilines is 3. The molecular formula is C25H29N3O4. The molecule has 1 atom stereocenters. The van der Waals surface area contributed by atoms with Crippen LogP contribution in [0.3, 0.4) is 0 Å². The van der Waals surface area contributed by atoms with Crippen molar-refractivity contribution in [1.82, 2.24) is 0 Å². The fraction of sp³-hybridized carbons (Fsp3) is 0.320. The molecule has 2 aromatic carbocycles. The number of amides is 2. The maximum Gasteiger partial charge on any atom is 0.294 e. The van der Waals surface area contributed by atoms with Crippen LogP contribution in [-0.4, -0.2) is 36.8 Å². The Morgan fingerprint density at radius 1 is 1.00 bits per heavy atom. The highest BCUT2D eigenvalue weighted by Gasteiger charge is 2.46. The lowest BCUT2D eigenvalue weighted by atomic mass is 9.82. The molecule has 2 N–H and O–H groups in total. The average molecular weight is 436 g/mol. The van der Waals surface area contributed by atoms with E-state index in [1.165, 1.54) is 11.8 Å². The quantitative estimate of drug-likeness (QED) is 0.734. The molecular weight excluding hydrogens is 406 g/mol. The summed E-state index contributed by atoms with van der Waals surface area (Å²) >= 11 is 0. The van der Waals surface area contributed by atoms with Crippen molar-refractivity contribution in [1.29, 1.82) is 0 Å². The highest BCUT2D eigenvalue weighted by atomic mass is 16.3. The minimum atomic E-state index is -0.781. The van der Waals surface area contributed by atoms with E-state index in [1.807, 2.05) is 43.3 Å². The summed E-state index contributed by atoms with van der Waals surface area (Å²) in [6, 6.07) is 13.5. The van der Waals surface area contributed by atoms with Crippen molar-refractivity contribution in [3.05, 3.63) is 65.4 Å². The maximum absolute atomic E-state index is 13.3. The summed E-state index contributed by atoms with van der Waals surface area (Å²) in [6.45, 7) is 6.70. The molecule has 7 nitrogen and oxygen atoms in total. The lowest BCUT2D eigenvalue weighted by molar-refractivity contribution is -0.123.